The number of fused-ring (bicyclic) bond motifs is 1. The first kappa shape index (κ1) is 21.4. The first-order valence-corrected chi connectivity index (χ1v) is 10.2. The van der Waals surface area contributed by atoms with Crippen LogP contribution in [0.2, 0.25) is 0 Å². The van der Waals surface area contributed by atoms with Gasteiger partial charge < -0.3 is 9.26 Å². The van der Waals surface area contributed by atoms with Gasteiger partial charge in [-0.25, -0.2) is 0 Å². The molecule has 170 valence electrons. The molecule has 5 rings (SSSR count). The molecular weight excluding hydrogens is 447 g/mol. The average Bonchev–Trinajstić information content (AvgIpc) is 3.34. The van der Waals surface area contributed by atoms with Crippen molar-refractivity contribution < 1.29 is 22.4 Å². The van der Waals surface area contributed by atoms with E-state index >= 15 is 0 Å². The van der Waals surface area contributed by atoms with Crippen molar-refractivity contribution in [3.8, 4) is 34.3 Å². The zero-order valence-electron chi connectivity index (χ0n) is 17.7. The molecule has 5 aromatic rings. The Morgan fingerprint density at radius 1 is 0.912 bits per heavy atom. The normalized spacial score (nSPS) is 11.6. The Bertz CT molecular complexity index is 1540. The highest BCUT2D eigenvalue weighted by atomic mass is 19.4. The second-order valence-electron chi connectivity index (χ2n) is 7.46. The molecule has 0 amide bonds. The number of hydrogen-bond acceptors (Lipinski definition) is 5. The van der Waals surface area contributed by atoms with Crippen molar-refractivity contribution in [1.29, 1.82) is 0 Å². The minimum atomic E-state index is -4.44. The first-order valence-electron chi connectivity index (χ1n) is 10.2. The number of rotatable bonds is 4. The summed E-state index contributed by atoms with van der Waals surface area (Å²) in [5, 5.41) is 5.00. The van der Waals surface area contributed by atoms with Crippen LogP contribution in [0, 0.1) is 0 Å². The van der Waals surface area contributed by atoms with Crippen molar-refractivity contribution in [2.75, 3.05) is 7.11 Å². The van der Waals surface area contributed by atoms with Crippen LogP contribution in [0.15, 0.2) is 88.3 Å². The predicted molar refractivity (Wildman–Crippen MR) is 120 cm³/mol. The average molecular weight is 463 g/mol. The van der Waals surface area contributed by atoms with E-state index in [0.29, 0.717) is 33.3 Å². The van der Waals surface area contributed by atoms with Crippen LogP contribution in [0.1, 0.15) is 5.56 Å². The van der Waals surface area contributed by atoms with Crippen molar-refractivity contribution in [2.45, 2.75) is 6.18 Å². The first-order chi connectivity index (χ1) is 16.3. The monoisotopic (exact) mass is 463 g/mol. The van der Waals surface area contributed by atoms with Gasteiger partial charge in [-0.15, -0.1) is 0 Å². The lowest BCUT2D eigenvalue weighted by atomic mass is 10.1. The maximum atomic E-state index is 13.2. The van der Waals surface area contributed by atoms with Crippen molar-refractivity contribution in [3.63, 3.8) is 0 Å². The molecule has 34 heavy (non-hydrogen) atoms. The highest BCUT2D eigenvalue weighted by Crippen LogP contribution is 2.32. The summed E-state index contributed by atoms with van der Waals surface area (Å²) in [7, 11) is 1.55. The molecule has 0 bridgehead atoms. The SMILES string of the molecule is COc1ccc(-n2cc(-c3nc(-c4ccc(C(F)(F)F)cc4)no3)c3ccccc3c2=O)cc1. The number of halogens is 3. The number of alkyl halides is 3. The van der Waals surface area contributed by atoms with Gasteiger partial charge in [0.1, 0.15) is 5.75 Å². The third-order valence-corrected chi connectivity index (χ3v) is 5.40. The molecule has 0 N–H and O–H groups in total. The number of hydrogen-bond donors (Lipinski definition) is 0. The summed E-state index contributed by atoms with van der Waals surface area (Å²) in [6.07, 6.45) is -2.83. The van der Waals surface area contributed by atoms with Crippen LogP contribution in [-0.4, -0.2) is 21.8 Å². The fourth-order valence-electron chi connectivity index (χ4n) is 3.65. The smallest absolute Gasteiger partial charge is 0.416 e. The van der Waals surface area contributed by atoms with Crippen LogP contribution in [0.25, 0.3) is 39.3 Å². The number of benzene rings is 3. The summed E-state index contributed by atoms with van der Waals surface area (Å²) in [5.41, 5.74) is 0.497. The van der Waals surface area contributed by atoms with Crippen LogP contribution >= 0.6 is 0 Å². The zero-order valence-corrected chi connectivity index (χ0v) is 17.7. The lowest BCUT2D eigenvalue weighted by Gasteiger charge is -2.11. The Labute approximate surface area is 190 Å². The van der Waals surface area contributed by atoms with E-state index in [2.05, 4.69) is 10.1 Å². The molecular formula is C25H16F3N3O3. The second kappa shape index (κ2) is 8.18. The van der Waals surface area contributed by atoms with Crippen LogP contribution in [0.4, 0.5) is 13.2 Å². The zero-order chi connectivity index (χ0) is 23.9. The summed E-state index contributed by atoms with van der Waals surface area (Å²) < 4.78 is 50.7. The van der Waals surface area contributed by atoms with E-state index in [9.17, 15) is 18.0 Å². The number of pyridine rings is 1. The minimum absolute atomic E-state index is 0.133. The molecule has 6 nitrogen and oxygen atoms in total. The summed E-state index contributed by atoms with van der Waals surface area (Å²) in [5.74, 6) is 0.916. The summed E-state index contributed by atoms with van der Waals surface area (Å²) in [6, 6.07) is 18.5. The Balaban J connectivity index is 1.62. The predicted octanol–water partition coefficient (Wildman–Crippen LogP) is 5.74. The van der Waals surface area contributed by atoms with Gasteiger partial charge in [-0.05, 0) is 42.5 Å². The lowest BCUT2D eigenvalue weighted by Crippen LogP contribution is -2.18. The van der Waals surface area contributed by atoms with Crippen molar-refractivity contribution >= 4 is 10.8 Å². The molecule has 9 heteroatoms. The second-order valence-corrected chi connectivity index (χ2v) is 7.46. The van der Waals surface area contributed by atoms with E-state index in [0.717, 1.165) is 12.1 Å². The summed E-state index contributed by atoms with van der Waals surface area (Å²) in [6.45, 7) is 0. The Morgan fingerprint density at radius 3 is 2.24 bits per heavy atom. The topological polar surface area (TPSA) is 70.2 Å². The third-order valence-electron chi connectivity index (χ3n) is 5.40. The van der Waals surface area contributed by atoms with Gasteiger partial charge in [0, 0.05) is 28.2 Å². The maximum absolute atomic E-state index is 13.2. The summed E-state index contributed by atoms with van der Waals surface area (Å²) in [4.78, 5) is 17.6. The molecule has 0 atom stereocenters. The third kappa shape index (κ3) is 3.81. The van der Waals surface area contributed by atoms with E-state index in [1.807, 2.05) is 0 Å². The van der Waals surface area contributed by atoms with E-state index in [1.165, 1.54) is 16.7 Å². The van der Waals surface area contributed by atoms with Crippen LogP contribution in [-0.2, 0) is 6.18 Å². The van der Waals surface area contributed by atoms with Crippen LogP contribution in [0.3, 0.4) is 0 Å². The Kier molecular flexibility index (Phi) is 5.16. The molecule has 0 aliphatic rings. The maximum Gasteiger partial charge on any atom is 0.416 e. The fraction of sp³-hybridized carbons (Fsp3) is 0.0800. The molecule has 0 unspecified atom stereocenters. The van der Waals surface area contributed by atoms with Gasteiger partial charge in [0.25, 0.3) is 11.4 Å². The van der Waals surface area contributed by atoms with Crippen molar-refractivity contribution in [1.82, 2.24) is 14.7 Å². The lowest BCUT2D eigenvalue weighted by molar-refractivity contribution is -0.137. The van der Waals surface area contributed by atoms with E-state index in [4.69, 9.17) is 9.26 Å². The number of aromatic nitrogens is 3. The molecule has 0 spiro atoms. The Morgan fingerprint density at radius 2 is 1.59 bits per heavy atom. The number of nitrogens with zero attached hydrogens (tertiary/aromatic N) is 3. The number of ether oxygens (including phenoxy) is 1. The van der Waals surface area contributed by atoms with Gasteiger partial charge >= 0.3 is 6.18 Å². The minimum Gasteiger partial charge on any atom is -0.497 e. The van der Waals surface area contributed by atoms with Crippen LogP contribution < -0.4 is 10.3 Å². The van der Waals surface area contributed by atoms with E-state index < -0.39 is 11.7 Å². The molecule has 0 saturated heterocycles. The highest BCUT2D eigenvalue weighted by Gasteiger charge is 2.30. The van der Waals surface area contributed by atoms with Crippen molar-refractivity contribution in [2.24, 2.45) is 0 Å². The Hall–Kier alpha value is -4.40. The van der Waals surface area contributed by atoms with Gasteiger partial charge in [-0.3, -0.25) is 9.36 Å². The van der Waals surface area contributed by atoms with E-state index in [-0.39, 0.29) is 17.3 Å². The fourth-order valence-corrected chi connectivity index (χ4v) is 3.65. The standard InChI is InChI=1S/C25H16F3N3O3/c1-33-18-12-10-17(11-13-18)31-14-21(19-4-2-3-5-20(19)24(31)32)23-29-22(30-34-23)15-6-8-16(9-7-15)25(26,27)28/h2-14H,1H3. The van der Waals surface area contributed by atoms with Crippen molar-refractivity contribution in [3.05, 3.63) is 94.9 Å². The molecule has 0 aliphatic carbocycles. The largest absolute Gasteiger partial charge is 0.497 e. The molecule has 2 aromatic heterocycles. The number of methoxy groups -OCH3 is 1. The van der Waals surface area contributed by atoms with Gasteiger partial charge in [-0.1, -0.05) is 35.5 Å². The van der Waals surface area contributed by atoms with Gasteiger partial charge in [0.05, 0.1) is 18.2 Å². The van der Waals surface area contributed by atoms with E-state index in [1.54, 1.807) is 61.8 Å². The van der Waals surface area contributed by atoms with Gasteiger partial charge in [0.15, 0.2) is 0 Å². The molecule has 2 heterocycles. The molecule has 0 radical (unpaired) electrons. The molecule has 0 aliphatic heterocycles. The molecule has 3 aromatic carbocycles. The summed E-state index contributed by atoms with van der Waals surface area (Å²) >= 11 is 0. The van der Waals surface area contributed by atoms with Gasteiger partial charge in [-0.2, -0.15) is 18.2 Å². The van der Waals surface area contributed by atoms with Crippen LogP contribution in [0.5, 0.6) is 5.75 Å². The van der Waals surface area contributed by atoms with Gasteiger partial charge in [0.2, 0.25) is 5.82 Å². The highest BCUT2D eigenvalue weighted by molar-refractivity contribution is 5.94. The molecule has 0 saturated carbocycles. The molecule has 0 fully saturated rings. The quantitative estimate of drug-likeness (QED) is 0.340.